The average Bonchev–Trinajstić information content (AvgIpc) is 2.08. The van der Waals surface area contributed by atoms with Crippen LogP contribution in [0.3, 0.4) is 0 Å². The van der Waals surface area contributed by atoms with Crippen LogP contribution in [0.4, 0.5) is 13.2 Å². The first-order valence-corrected chi connectivity index (χ1v) is 3.82. The maximum Gasteiger partial charge on any atom is 0.304 e. The monoisotopic (exact) mass is 210 g/mol. The number of benzene rings is 1. The van der Waals surface area contributed by atoms with Gasteiger partial charge in [-0.2, -0.15) is 4.39 Å². The van der Waals surface area contributed by atoms with E-state index in [1.54, 1.807) is 0 Å². The summed E-state index contributed by atoms with van der Waals surface area (Å²) in [6.07, 6.45) is -5.74. The number of hydrogen-bond acceptors (Lipinski definition) is 1. The van der Waals surface area contributed by atoms with Crippen molar-refractivity contribution in [1.29, 1.82) is 0 Å². The zero-order valence-electron chi connectivity index (χ0n) is 6.38. The Morgan fingerprint density at radius 1 is 1.08 bits per heavy atom. The summed E-state index contributed by atoms with van der Waals surface area (Å²) in [7, 11) is 0. The normalized spacial score (nSPS) is 13.0. The molecule has 1 aromatic rings. The van der Waals surface area contributed by atoms with E-state index in [1.165, 1.54) is 24.3 Å². The molecule has 0 aliphatic heterocycles. The first-order valence-electron chi connectivity index (χ1n) is 3.44. The third-order valence-electron chi connectivity index (χ3n) is 1.26. The summed E-state index contributed by atoms with van der Waals surface area (Å²) in [6.45, 7) is 0. The number of rotatable bonds is 3. The minimum atomic E-state index is -3.14. The molecule has 0 heterocycles. The molecule has 0 N–H and O–H groups in total. The van der Waals surface area contributed by atoms with Crippen molar-refractivity contribution in [2.24, 2.45) is 0 Å². The first kappa shape index (κ1) is 10.2. The molecule has 0 aromatic heterocycles. The van der Waals surface area contributed by atoms with Crippen LogP contribution in [0, 0.1) is 0 Å². The highest BCUT2D eigenvalue weighted by Crippen LogP contribution is 2.18. The van der Waals surface area contributed by atoms with Gasteiger partial charge in [0.05, 0.1) is 0 Å². The molecule has 0 saturated heterocycles. The zero-order chi connectivity index (χ0) is 9.84. The SMILES string of the molecule is FC(F)C(F)Oc1ccc(Cl)cc1. The standard InChI is InChI=1S/C8H6ClF3O/c9-5-1-3-6(4-2-5)13-8(12)7(10)11/h1-4,7-8H. The van der Waals surface area contributed by atoms with Gasteiger partial charge < -0.3 is 4.74 Å². The minimum absolute atomic E-state index is 0.0252. The number of halogens is 4. The molecular weight excluding hydrogens is 205 g/mol. The molecule has 0 aliphatic rings. The lowest BCUT2D eigenvalue weighted by Gasteiger charge is -2.09. The maximum absolute atomic E-state index is 12.3. The van der Waals surface area contributed by atoms with Crippen molar-refractivity contribution >= 4 is 11.6 Å². The molecule has 0 bridgehead atoms. The van der Waals surface area contributed by atoms with E-state index in [9.17, 15) is 13.2 Å². The van der Waals surface area contributed by atoms with E-state index in [4.69, 9.17) is 11.6 Å². The highest BCUT2D eigenvalue weighted by atomic mass is 35.5. The van der Waals surface area contributed by atoms with E-state index in [-0.39, 0.29) is 5.75 Å². The summed E-state index contributed by atoms with van der Waals surface area (Å²) in [5.41, 5.74) is 0. The molecule has 1 aromatic carbocycles. The summed E-state index contributed by atoms with van der Waals surface area (Å²) >= 11 is 5.51. The van der Waals surface area contributed by atoms with E-state index in [1.807, 2.05) is 0 Å². The third kappa shape index (κ3) is 3.14. The van der Waals surface area contributed by atoms with E-state index in [2.05, 4.69) is 4.74 Å². The van der Waals surface area contributed by atoms with Crippen LogP contribution >= 0.6 is 11.6 Å². The van der Waals surface area contributed by atoms with Gasteiger partial charge in [0.1, 0.15) is 5.75 Å². The van der Waals surface area contributed by atoms with Crippen LogP contribution in [0.25, 0.3) is 0 Å². The van der Waals surface area contributed by atoms with Crippen molar-refractivity contribution in [3.8, 4) is 5.75 Å². The maximum atomic E-state index is 12.3. The van der Waals surface area contributed by atoms with Gasteiger partial charge in [-0.15, -0.1) is 0 Å². The zero-order valence-corrected chi connectivity index (χ0v) is 7.14. The van der Waals surface area contributed by atoms with Gasteiger partial charge in [0, 0.05) is 5.02 Å². The van der Waals surface area contributed by atoms with Gasteiger partial charge in [0.15, 0.2) is 0 Å². The molecule has 1 unspecified atom stereocenters. The predicted molar refractivity (Wildman–Crippen MR) is 43.0 cm³/mol. The van der Waals surface area contributed by atoms with Crippen LogP contribution in [0.1, 0.15) is 0 Å². The second-order valence-corrected chi connectivity index (χ2v) is 2.69. The molecule has 0 amide bonds. The Bertz CT molecular complexity index is 263. The summed E-state index contributed by atoms with van der Waals surface area (Å²) < 4.78 is 39.9. The first-order chi connectivity index (χ1) is 6.09. The van der Waals surface area contributed by atoms with Crippen LogP contribution < -0.4 is 4.74 Å². The van der Waals surface area contributed by atoms with Crippen molar-refractivity contribution < 1.29 is 17.9 Å². The molecular formula is C8H6ClF3O. The Hall–Kier alpha value is -0.900. The molecule has 13 heavy (non-hydrogen) atoms. The van der Waals surface area contributed by atoms with Crippen molar-refractivity contribution in [1.82, 2.24) is 0 Å². The van der Waals surface area contributed by atoms with E-state index >= 15 is 0 Å². The molecule has 0 aliphatic carbocycles. The predicted octanol–water partition coefficient (Wildman–Crippen LogP) is 3.28. The molecule has 0 fully saturated rings. The Kier molecular flexibility index (Phi) is 3.42. The van der Waals surface area contributed by atoms with Gasteiger partial charge in [-0.3, -0.25) is 0 Å². The highest BCUT2D eigenvalue weighted by Gasteiger charge is 2.20. The van der Waals surface area contributed by atoms with E-state index < -0.39 is 12.8 Å². The van der Waals surface area contributed by atoms with Crippen molar-refractivity contribution in [3.63, 3.8) is 0 Å². The number of hydrogen-bond donors (Lipinski definition) is 0. The molecule has 1 atom stereocenters. The van der Waals surface area contributed by atoms with Crippen LogP contribution in [-0.2, 0) is 0 Å². The average molecular weight is 211 g/mol. The quantitative estimate of drug-likeness (QED) is 0.744. The van der Waals surface area contributed by atoms with E-state index in [0.717, 1.165) is 0 Å². The molecule has 0 saturated carbocycles. The fourth-order valence-electron chi connectivity index (χ4n) is 0.695. The third-order valence-corrected chi connectivity index (χ3v) is 1.51. The number of ether oxygens (including phenoxy) is 1. The second-order valence-electron chi connectivity index (χ2n) is 2.26. The Labute approximate surface area is 78.1 Å². The van der Waals surface area contributed by atoms with Gasteiger partial charge in [-0.25, -0.2) is 8.78 Å². The smallest absolute Gasteiger partial charge is 0.304 e. The Morgan fingerprint density at radius 3 is 2.08 bits per heavy atom. The fourth-order valence-corrected chi connectivity index (χ4v) is 0.821. The minimum Gasteiger partial charge on any atom is -0.454 e. The number of alkyl halides is 3. The molecule has 5 heteroatoms. The summed E-state index contributed by atoms with van der Waals surface area (Å²) in [5, 5.41) is 0.430. The Balaban J connectivity index is 2.59. The van der Waals surface area contributed by atoms with Gasteiger partial charge in [-0.1, -0.05) is 11.6 Å². The molecule has 0 radical (unpaired) electrons. The largest absolute Gasteiger partial charge is 0.454 e. The van der Waals surface area contributed by atoms with Crippen molar-refractivity contribution in [2.75, 3.05) is 0 Å². The highest BCUT2D eigenvalue weighted by molar-refractivity contribution is 6.30. The van der Waals surface area contributed by atoms with Gasteiger partial charge in [-0.05, 0) is 24.3 Å². The summed E-state index contributed by atoms with van der Waals surface area (Å²) in [5.74, 6) is 0.0252. The fraction of sp³-hybridized carbons (Fsp3) is 0.250. The Morgan fingerprint density at radius 2 is 1.62 bits per heavy atom. The summed E-state index contributed by atoms with van der Waals surface area (Å²) in [6, 6.07) is 5.48. The van der Waals surface area contributed by atoms with Crippen molar-refractivity contribution in [3.05, 3.63) is 29.3 Å². The summed E-state index contributed by atoms with van der Waals surface area (Å²) in [4.78, 5) is 0. The lowest BCUT2D eigenvalue weighted by Crippen LogP contribution is -2.19. The van der Waals surface area contributed by atoms with Crippen LogP contribution in [0.15, 0.2) is 24.3 Å². The molecule has 1 rings (SSSR count). The van der Waals surface area contributed by atoms with Crippen LogP contribution in [0.2, 0.25) is 5.02 Å². The molecule has 1 nitrogen and oxygen atoms in total. The van der Waals surface area contributed by atoms with Crippen molar-refractivity contribution in [2.45, 2.75) is 12.8 Å². The van der Waals surface area contributed by atoms with E-state index in [0.29, 0.717) is 5.02 Å². The van der Waals surface area contributed by atoms with Crippen LogP contribution in [-0.4, -0.2) is 12.8 Å². The van der Waals surface area contributed by atoms with Gasteiger partial charge in [0.25, 0.3) is 6.36 Å². The van der Waals surface area contributed by atoms with Crippen LogP contribution in [0.5, 0.6) is 5.75 Å². The molecule has 72 valence electrons. The second kappa shape index (κ2) is 4.37. The molecule has 0 spiro atoms. The van der Waals surface area contributed by atoms with Gasteiger partial charge in [0.2, 0.25) is 0 Å². The van der Waals surface area contributed by atoms with Gasteiger partial charge >= 0.3 is 6.43 Å². The lowest BCUT2D eigenvalue weighted by molar-refractivity contribution is -0.0668. The lowest BCUT2D eigenvalue weighted by atomic mass is 10.3. The topological polar surface area (TPSA) is 9.23 Å².